The highest BCUT2D eigenvalue weighted by Gasteiger charge is 2.26. The molecule has 1 aromatic rings. The van der Waals surface area contributed by atoms with Crippen LogP contribution in [0.25, 0.3) is 0 Å². The fourth-order valence-corrected chi connectivity index (χ4v) is 2.85. The van der Waals surface area contributed by atoms with E-state index in [2.05, 4.69) is 38.3 Å². The SMILES string of the molecule is CCCCNC(=O)N(CC(=O)Nc1cc(C(C)(C)C)nn1C(C)(C)C)CC(C)C. The zero-order valence-corrected chi connectivity index (χ0v) is 19.8. The summed E-state index contributed by atoms with van der Waals surface area (Å²) in [5.41, 5.74) is 0.513. The molecule has 1 heterocycles. The molecular weight excluding hydrogens is 366 g/mol. The Morgan fingerprint density at radius 2 is 1.79 bits per heavy atom. The van der Waals surface area contributed by atoms with E-state index < -0.39 is 0 Å². The Morgan fingerprint density at radius 1 is 1.17 bits per heavy atom. The van der Waals surface area contributed by atoms with Crippen LogP contribution < -0.4 is 10.6 Å². The minimum Gasteiger partial charge on any atom is -0.338 e. The lowest BCUT2D eigenvalue weighted by atomic mass is 9.92. The van der Waals surface area contributed by atoms with E-state index in [1.165, 1.54) is 0 Å². The van der Waals surface area contributed by atoms with Gasteiger partial charge in [-0.15, -0.1) is 0 Å². The van der Waals surface area contributed by atoms with Gasteiger partial charge in [0.2, 0.25) is 5.91 Å². The van der Waals surface area contributed by atoms with Gasteiger partial charge in [-0.1, -0.05) is 48.0 Å². The fraction of sp³-hybridized carbons (Fsp3) is 0.773. The second-order valence-electron chi connectivity index (χ2n) is 10.2. The zero-order valence-electron chi connectivity index (χ0n) is 19.8. The molecule has 2 N–H and O–H groups in total. The Labute approximate surface area is 176 Å². The van der Waals surface area contributed by atoms with Crippen LogP contribution in [0.5, 0.6) is 0 Å². The third kappa shape index (κ3) is 8.07. The average molecular weight is 408 g/mol. The normalized spacial score (nSPS) is 12.2. The van der Waals surface area contributed by atoms with E-state index in [1.807, 2.05) is 45.4 Å². The maximum atomic E-state index is 12.8. The van der Waals surface area contributed by atoms with Crippen LogP contribution in [0.3, 0.4) is 0 Å². The standard InChI is InChI=1S/C22H41N5O2/c1-10-11-12-23-20(29)26(14-16(2)3)15-19(28)24-18-13-17(21(4,5)6)25-27(18)22(7,8)9/h13,16H,10-12,14-15H2,1-9H3,(H,23,29)(H,24,28). The van der Waals surface area contributed by atoms with Crippen molar-refractivity contribution in [1.29, 1.82) is 0 Å². The molecule has 0 radical (unpaired) electrons. The molecule has 3 amide bonds. The van der Waals surface area contributed by atoms with E-state index >= 15 is 0 Å². The van der Waals surface area contributed by atoms with Gasteiger partial charge in [-0.05, 0) is 33.1 Å². The molecule has 1 rings (SSSR count). The smallest absolute Gasteiger partial charge is 0.317 e. The number of urea groups is 1. The summed E-state index contributed by atoms with van der Waals surface area (Å²) in [5, 5.41) is 10.6. The predicted molar refractivity (Wildman–Crippen MR) is 119 cm³/mol. The third-order valence-corrected chi connectivity index (χ3v) is 4.39. The number of rotatable bonds is 8. The number of aromatic nitrogens is 2. The number of unbranched alkanes of at least 4 members (excludes halogenated alkanes) is 1. The molecule has 1 aromatic heterocycles. The highest BCUT2D eigenvalue weighted by atomic mass is 16.2. The van der Waals surface area contributed by atoms with Crippen molar-refractivity contribution in [2.75, 3.05) is 25.0 Å². The summed E-state index contributed by atoms with van der Waals surface area (Å²) in [4.78, 5) is 26.9. The molecule has 0 bridgehead atoms. The first-order valence-corrected chi connectivity index (χ1v) is 10.7. The lowest BCUT2D eigenvalue weighted by Crippen LogP contribution is -2.46. The first-order valence-electron chi connectivity index (χ1n) is 10.7. The molecule has 0 aliphatic rings. The van der Waals surface area contributed by atoms with Crippen LogP contribution in [-0.2, 0) is 15.7 Å². The van der Waals surface area contributed by atoms with Crippen LogP contribution in [0.15, 0.2) is 6.07 Å². The van der Waals surface area contributed by atoms with E-state index in [1.54, 1.807) is 4.90 Å². The van der Waals surface area contributed by atoms with Gasteiger partial charge in [-0.3, -0.25) is 4.79 Å². The Bertz CT molecular complexity index is 680. The Balaban J connectivity index is 2.97. The van der Waals surface area contributed by atoms with Crippen molar-refractivity contribution in [3.63, 3.8) is 0 Å². The lowest BCUT2D eigenvalue weighted by molar-refractivity contribution is -0.116. The van der Waals surface area contributed by atoms with Gasteiger partial charge in [0.25, 0.3) is 0 Å². The van der Waals surface area contributed by atoms with Crippen molar-refractivity contribution in [3.8, 4) is 0 Å². The van der Waals surface area contributed by atoms with E-state index in [0.29, 0.717) is 18.9 Å². The van der Waals surface area contributed by atoms with E-state index in [4.69, 9.17) is 5.10 Å². The van der Waals surface area contributed by atoms with Gasteiger partial charge >= 0.3 is 6.03 Å². The van der Waals surface area contributed by atoms with Crippen LogP contribution in [-0.4, -0.2) is 46.3 Å². The number of amides is 3. The molecule has 0 saturated carbocycles. The first-order chi connectivity index (χ1) is 13.3. The monoisotopic (exact) mass is 407 g/mol. The second kappa shape index (κ2) is 10.1. The first kappa shape index (κ1) is 25.0. The topological polar surface area (TPSA) is 79.3 Å². The number of hydrogen-bond donors (Lipinski definition) is 2. The minimum absolute atomic E-state index is 0.0102. The summed E-state index contributed by atoms with van der Waals surface area (Å²) >= 11 is 0. The molecule has 0 aliphatic carbocycles. The predicted octanol–water partition coefficient (Wildman–Crippen LogP) is 4.34. The molecule has 166 valence electrons. The van der Waals surface area contributed by atoms with Gasteiger partial charge in [0.05, 0.1) is 11.2 Å². The molecule has 0 aliphatic heterocycles. The number of carbonyl (C=O) groups excluding carboxylic acids is 2. The highest BCUT2D eigenvalue weighted by Crippen LogP contribution is 2.28. The van der Waals surface area contributed by atoms with Crippen molar-refractivity contribution in [2.24, 2.45) is 5.92 Å². The fourth-order valence-electron chi connectivity index (χ4n) is 2.85. The van der Waals surface area contributed by atoms with E-state index in [0.717, 1.165) is 18.5 Å². The van der Waals surface area contributed by atoms with Crippen LogP contribution >= 0.6 is 0 Å². The minimum atomic E-state index is -0.277. The largest absolute Gasteiger partial charge is 0.338 e. The van der Waals surface area contributed by atoms with Crippen molar-refractivity contribution in [2.45, 2.75) is 86.1 Å². The number of nitrogens with zero attached hydrogens (tertiary/aromatic N) is 3. The molecule has 29 heavy (non-hydrogen) atoms. The summed E-state index contributed by atoms with van der Waals surface area (Å²) in [6.45, 7) is 19.7. The number of anilines is 1. The molecule has 0 saturated heterocycles. The molecule has 0 fully saturated rings. The summed E-state index contributed by atoms with van der Waals surface area (Å²) in [6.07, 6.45) is 1.94. The molecule has 7 heteroatoms. The Hall–Kier alpha value is -2.05. The highest BCUT2D eigenvalue weighted by molar-refractivity contribution is 5.93. The van der Waals surface area contributed by atoms with Gasteiger partial charge in [-0.25, -0.2) is 9.48 Å². The van der Waals surface area contributed by atoms with Crippen molar-refractivity contribution in [3.05, 3.63) is 11.8 Å². The van der Waals surface area contributed by atoms with Crippen LogP contribution in [0.1, 0.15) is 80.8 Å². The van der Waals surface area contributed by atoms with E-state index in [9.17, 15) is 9.59 Å². The molecule has 7 nitrogen and oxygen atoms in total. The van der Waals surface area contributed by atoms with Crippen molar-refractivity contribution < 1.29 is 9.59 Å². The summed E-state index contributed by atoms with van der Waals surface area (Å²) < 4.78 is 1.85. The number of hydrogen-bond acceptors (Lipinski definition) is 3. The van der Waals surface area contributed by atoms with Crippen LogP contribution in [0, 0.1) is 5.92 Å². The van der Waals surface area contributed by atoms with Gasteiger partial charge in [0, 0.05) is 24.6 Å². The molecule has 0 aromatic carbocycles. The van der Waals surface area contributed by atoms with Gasteiger partial charge in [-0.2, -0.15) is 5.10 Å². The Morgan fingerprint density at radius 3 is 2.28 bits per heavy atom. The van der Waals surface area contributed by atoms with Crippen molar-refractivity contribution in [1.82, 2.24) is 20.0 Å². The summed E-state index contributed by atoms with van der Waals surface area (Å²) in [6, 6.07) is 1.74. The van der Waals surface area contributed by atoms with Crippen LogP contribution in [0.4, 0.5) is 10.6 Å². The quantitative estimate of drug-likeness (QED) is 0.629. The zero-order chi connectivity index (χ0) is 22.4. The van der Waals surface area contributed by atoms with Gasteiger partial charge in [0.1, 0.15) is 12.4 Å². The van der Waals surface area contributed by atoms with E-state index in [-0.39, 0.29) is 35.4 Å². The number of carbonyl (C=O) groups is 2. The summed E-state index contributed by atoms with van der Waals surface area (Å²) in [7, 11) is 0. The average Bonchev–Trinajstić information content (AvgIpc) is 2.98. The van der Waals surface area contributed by atoms with Crippen molar-refractivity contribution >= 4 is 17.8 Å². The summed E-state index contributed by atoms with van der Waals surface area (Å²) in [5.74, 6) is 0.706. The van der Waals surface area contributed by atoms with Gasteiger partial charge in [0.15, 0.2) is 0 Å². The molecular formula is C22H41N5O2. The second-order valence-corrected chi connectivity index (χ2v) is 10.2. The van der Waals surface area contributed by atoms with Gasteiger partial charge < -0.3 is 15.5 Å². The maximum absolute atomic E-state index is 12.8. The third-order valence-electron chi connectivity index (χ3n) is 4.39. The molecule has 0 spiro atoms. The van der Waals surface area contributed by atoms with Crippen LogP contribution in [0.2, 0.25) is 0 Å². The molecule has 0 atom stereocenters. The lowest BCUT2D eigenvalue weighted by Gasteiger charge is -2.25. The number of nitrogens with one attached hydrogen (secondary N) is 2. The molecule has 0 unspecified atom stereocenters. The Kier molecular flexibility index (Phi) is 8.72. The maximum Gasteiger partial charge on any atom is 0.317 e.